The minimum Gasteiger partial charge on any atom is -0.456 e. The van der Waals surface area contributed by atoms with E-state index < -0.39 is 5.91 Å². The van der Waals surface area contributed by atoms with E-state index >= 15 is 0 Å². The Labute approximate surface area is 155 Å². The molecule has 27 heavy (non-hydrogen) atoms. The van der Waals surface area contributed by atoms with Crippen LogP contribution in [0.15, 0.2) is 45.2 Å². The molecular weight excluding hydrogens is 348 g/mol. The lowest BCUT2D eigenvalue weighted by atomic mass is 10.2. The molecule has 0 atom stereocenters. The highest BCUT2D eigenvalue weighted by molar-refractivity contribution is 6.13. The molecule has 1 saturated heterocycles. The quantitative estimate of drug-likeness (QED) is 0.764. The number of anilines is 1. The fourth-order valence-corrected chi connectivity index (χ4v) is 3.10. The molecule has 1 N–H and O–H groups in total. The average molecular weight is 368 g/mol. The molecule has 1 aliphatic heterocycles. The predicted octanol–water partition coefficient (Wildman–Crippen LogP) is 3.31. The highest BCUT2D eigenvalue weighted by Gasteiger charge is 2.28. The standard InChI is InChI=1S/C20H20N2O5/c1-2-13-7-8-16(26-13)19(23)21-17-14-5-3-4-6-15(14)27-18(17)20(24)22-9-11-25-12-10-22/h3-8H,2,9-12H2,1H3,(H,21,23). The van der Waals surface area contributed by atoms with Crippen LogP contribution in [0.4, 0.5) is 5.69 Å². The summed E-state index contributed by atoms with van der Waals surface area (Å²) in [5.74, 6) is 0.355. The van der Waals surface area contributed by atoms with Gasteiger partial charge in [-0.3, -0.25) is 9.59 Å². The fourth-order valence-electron chi connectivity index (χ4n) is 3.10. The zero-order valence-corrected chi connectivity index (χ0v) is 15.0. The van der Waals surface area contributed by atoms with Gasteiger partial charge in [-0.15, -0.1) is 0 Å². The Kier molecular flexibility index (Phi) is 4.68. The molecule has 2 amide bonds. The molecule has 0 saturated carbocycles. The molecule has 1 aliphatic rings. The molecule has 7 heteroatoms. The van der Waals surface area contributed by atoms with Crippen molar-refractivity contribution >= 4 is 28.5 Å². The lowest BCUT2D eigenvalue weighted by Gasteiger charge is -2.26. The summed E-state index contributed by atoms with van der Waals surface area (Å²) in [6.45, 7) is 3.89. The van der Waals surface area contributed by atoms with E-state index in [9.17, 15) is 9.59 Å². The molecule has 140 valence electrons. The summed E-state index contributed by atoms with van der Waals surface area (Å²) in [4.78, 5) is 27.3. The van der Waals surface area contributed by atoms with Gasteiger partial charge in [0.1, 0.15) is 17.0 Å². The van der Waals surface area contributed by atoms with Gasteiger partial charge in [0.25, 0.3) is 11.8 Å². The van der Waals surface area contributed by atoms with Crippen LogP contribution >= 0.6 is 0 Å². The van der Waals surface area contributed by atoms with E-state index in [1.165, 1.54) is 0 Å². The summed E-state index contributed by atoms with van der Waals surface area (Å²) in [6.07, 6.45) is 0.697. The minimum absolute atomic E-state index is 0.119. The van der Waals surface area contributed by atoms with E-state index in [1.807, 2.05) is 25.1 Å². The first-order chi connectivity index (χ1) is 13.2. The number of hydrogen-bond acceptors (Lipinski definition) is 5. The molecule has 0 unspecified atom stereocenters. The van der Waals surface area contributed by atoms with Gasteiger partial charge in [-0.1, -0.05) is 19.1 Å². The monoisotopic (exact) mass is 368 g/mol. The minimum atomic E-state index is -0.419. The number of morpholine rings is 1. The third-order valence-electron chi connectivity index (χ3n) is 4.56. The van der Waals surface area contributed by atoms with Gasteiger partial charge in [-0.05, 0) is 24.3 Å². The first-order valence-electron chi connectivity index (χ1n) is 8.96. The smallest absolute Gasteiger partial charge is 0.291 e. The van der Waals surface area contributed by atoms with Gasteiger partial charge in [0.15, 0.2) is 5.76 Å². The van der Waals surface area contributed by atoms with E-state index in [4.69, 9.17) is 13.6 Å². The summed E-state index contributed by atoms with van der Waals surface area (Å²) < 4.78 is 16.6. The number of nitrogens with one attached hydrogen (secondary N) is 1. The Morgan fingerprint density at radius 3 is 2.59 bits per heavy atom. The van der Waals surface area contributed by atoms with Gasteiger partial charge in [-0.2, -0.15) is 0 Å². The van der Waals surface area contributed by atoms with Gasteiger partial charge in [0.2, 0.25) is 5.76 Å². The van der Waals surface area contributed by atoms with Crippen molar-refractivity contribution in [2.24, 2.45) is 0 Å². The van der Waals surface area contributed by atoms with Crippen LogP contribution in [0.3, 0.4) is 0 Å². The van der Waals surface area contributed by atoms with E-state index in [-0.39, 0.29) is 17.4 Å². The molecule has 3 heterocycles. The maximum absolute atomic E-state index is 13.0. The van der Waals surface area contributed by atoms with Crippen LogP contribution in [0.2, 0.25) is 0 Å². The van der Waals surface area contributed by atoms with Crippen LogP contribution in [-0.4, -0.2) is 43.0 Å². The van der Waals surface area contributed by atoms with Gasteiger partial charge in [0, 0.05) is 24.9 Å². The molecule has 0 aliphatic carbocycles. The van der Waals surface area contributed by atoms with Crippen molar-refractivity contribution in [2.75, 3.05) is 31.6 Å². The topological polar surface area (TPSA) is 84.9 Å². The molecule has 1 fully saturated rings. The summed E-state index contributed by atoms with van der Waals surface area (Å²) >= 11 is 0. The lowest BCUT2D eigenvalue weighted by Crippen LogP contribution is -2.40. The summed E-state index contributed by atoms with van der Waals surface area (Å²) in [5.41, 5.74) is 0.902. The lowest BCUT2D eigenvalue weighted by molar-refractivity contribution is 0.0285. The third kappa shape index (κ3) is 3.33. The molecule has 2 aromatic heterocycles. The second kappa shape index (κ2) is 7.28. The summed E-state index contributed by atoms with van der Waals surface area (Å²) in [6, 6.07) is 10.6. The van der Waals surface area contributed by atoms with Crippen LogP contribution in [-0.2, 0) is 11.2 Å². The predicted molar refractivity (Wildman–Crippen MR) is 99.0 cm³/mol. The summed E-state index contributed by atoms with van der Waals surface area (Å²) in [5, 5.41) is 3.47. The Bertz CT molecular complexity index is 981. The molecular formula is C20H20N2O5. The van der Waals surface area contributed by atoms with Crippen molar-refractivity contribution in [3.8, 4) is 0 Å². The fraction of sp³-hybridized carbons (Fsp3) is 0.300. The number of nitrogens with zero attached hydrogens (tertiary/aromatic N) is 1. The number of para-hydroxylation sites is 1. The van der Waals surface area contributed by atoms with Crippen molar-refractivity contribution in [1.82, 2.24) is 4.90 Å². The Hall–Kier alpha value is -3.06. The van der Waals surface area contributed by atoms with Crippen LogP contribution in [0, 0.1) is 0 Å². The molecule has 0 bridgehead atoms. The number of carbonyl (C=O) groups excluding carboxylic acids is 2. The van der Waals surface area contributed by atoms with Crippen LogP contribution in [0.1, 0.15) is 33.8 Å². The highest BCUT2D eigenvalue weighted by Crippen LogP contribution is 2.32. The van der Waals surface area contributed by atoms with Gasteiger partial charge < -0.3 is 23.8 Å². The van der Waals surface area contributed by atoms with Crippen LogP contribution < -0.4 is 5.32 Å². The van der Waals surface area contributed by atoms with Gasteiger partial charge >= 0.3 is 0 Å². The largest absolute Gasteiger partial charge is 0.456 e. The zero-order valence-electron chi connectivity index (χ0n) is 15.0. The Morgan fingerprint density at radius 2 is 1.85 bits per heavy atom. The molecule has 4 rings (SSSR count). The number of aryl methyl sites for hydroxylation is 1. The third-order valence-corrected chi connectivity index (χ3v) is 4.56. The number of hydrogen-bond donors (Lipinski definition) is 1. The Balaban J connectivity index is 1.69. The molecule has 3 aromatic rings. The number of ether oxygens (including phenoxy) is 1. The van der Waals surface area contributed by atoms with Crippen LogP contribution in [0.5, 0.6) is 0 Å². The number of rotatable bonds is 4. The molecule has 0 radical (unpaired) electrons. The van der Waals surface area contributed by atoms with E-state index in [1.54, 1.807) is 23.1 Å². The van der Waals surface area contributed by atoms with Crippen molar-refractivity contribution in [3.63, 3.8) is 0 Å². The van der Waals surface area contributed by atoms with E-state index in [0.29, 0.717) is 49.4 Å². The second-order valence-corrected chi connectivity index (χ2v) is 6.28. The number of fused-ring (bicyclic) bond motifs is 1. The van der Waals surface area contributed by atoms with Gasteiger partial charge in [0.05, 0.1) is 13.2 Å². The number of amides is 2. The number of benzene rings is 1. The Morgan fingerprint density at radius 1 is 1.07 bits per heavy atom. The van der Waals surface area contributed by atoms with Crippen molar-refractivity contribution in [1.29, 1.82) is 0 Å². The zero-order chi connectivity index (χ0) is 18.8. The summed E-state index contributed by atoms with van der Waals surface area (Å²) in [7, 11) is 0. The maximum atomic E-state index is 13.0. The van der Waals surface area contributed by atoms with Crippen LogP contribution in [0.25, 0.3) is 11.0 Å². The van der Waals surface area contributed by atoms with Crippen molar-refractivity contribution in [3.05, 3.63) is 53.7 Å². The first kappa shape index (κ1) is 17.4. The molecule has 7 nitrogen and oxygen atoms in total. The van der Waals surface area contributed by atoms with Gasteiger partial charge in [-0.25, -0.2) is 0 Å². The van der Waals surface area contributed by atoms with E-state index in [0.717, 1.165) is 5.76 Å². The average Bonchev–Trinajstić information content (AvgIpc) is 3.33. The molecule has 0 spiro atoms. The number of carbonyl (C=O) groups is 2. The molecule has 1 aromatic carbocycles. The first-order valence-corrected chi connectivity index (χ1v) is 8.96. The van der Waals surface area contributed by atoms with Crippen molar-refractivity contribution < 1.29 is 23.2 Å². The highest BCUT2D eigenvalue weighted by atomic mass is 16.5. The number of furan rings is 2. The van der Waals surface area contributed by atoms with Crippen molar-refractivity contribution in [2.45, 2.75) is 13.3 Å². The second-order valence-electron chi connectivity index (χ2n) is 6.28. The maximum Gasteiger partial charge on any atom is 0.291 e. The SMILES string of the molecule is CCc1ccc(C(=O)Nc2c(C(=O)N3CCOCC3)oc3ccccc23)o1. The van der Waals surface area contributed by atoms with E-state index in [2.05, 4.69) is 5.32 Å². The normalized spacial score (nSPS) is 14.5.